The summed E-state index contributed by atoms with van der Waals surface area (Å²) in [6.45, 7) is 9.31. The molecule has 0 saturated carbocycles. The molecule has 1 fully saturated rings. The van der Waals surface area contributed by atoms with Gasteiger partial charge in [0.1, 0.15) is 0 Å². The van der Waals surface area contributed by atoms with E-state index in [9.17, 15) is 4.79 Å². The monoisotopic (exact) mass is 212 g/mol. The van der Waals surface area contributed by atoms with Gasteiger partial charge in [-0.2, -0.15) is 0 Å². The van der Waals surface area contributed by atoms with E-state index in [2.05, 4.69) is 19.2 Å². The molecule has 0 aromatic carbocycles. The lowest BCUT2D eigenvalue weighted by Gasteiger charge is -2.37. The Bertz CT molecular complexity index is 206. The minimum absolute atomic E-state index is 0.302. The SMILES string of the molecule is CCCNC1CCN(C(=O)CC)CC1C. The Morgan fingerprint density at radius 1 is 1.47 bits per heavy atom. The molecular weight excluding hydrogens is 188 g/mol. The third-order valence-corrected chi connectivity index (χ3v) is 3.22. The molecule has 3 nitrogen and oxygen atoms in total. The van der Waals surface area contributed by atoms with E-state index >= 15 is 0 Å². The molecule has 0 aliphatic carbocycles. The number of hydrogen-bond donors (Lipinski definition) is 1. The predicted molar refractivity (Wildman–Crippen MR) is 62.7 cm³/mol. The largest absolute Gasteiger partial charge is 0.342 e. The minimum atomic E-state index is 0.302. The van der Waals surface area contributed by atoms with Gasteiger partial charge in [-0.15, -0.1) is 0 Å². The third-order valence-electron chi connectivity index (χ3n) is 3.22. The lowest BCUT2D eigenvalue weighted by atomic mass is 9.93. The van der Waals surface area contributed by atoms with E-state index in [1.165, 1.54) is 6.42 Å². The van der Waals surface area contributed by atoms with Gasteiger partial charge in [0.2, 0.25) is 5.91 Å². The summed E-state index contributed by atoms with van der Waals surface area (Å²) in [7, 11) is 0. The van der Waals surface area contributed by atoms with Gasteiger partial charge in [0.25, 0.3) is 0 Å². The molecule has 0 aromatic heterocycles. The molecule has 1 aliphatic rings. The third kappa shape index (κ3) is 3.49. The van der Waals surface area contributed by atoms with E-state index in [4.69, 9.17) is 0 Å². The van der Waals surface area contributed by atoms with Crippen molar-refractivity contribution in [1.29, 1.82) is 0 Å². The predicted octanol–water partition coefficient (Wildman–Crippen LogP) is 1.63. The van der Waals surface area contributed by atoms with Crippen LogP contribution in [0.1, 0.15) is 40.0 Å². The van der Waals surface area contributed by atoms with Gasteiger partial charge in [-0.05, 0) is 25.3 Å². The zero-order valence-corrected chi connectivity index (χ0v) is 10.3. The normalized spacial score (nSPS) is 26.7. The highest BCUT2D eigenvalue weighted by molar-refractivity contribution is 5.75. The number of piperidine rings is 1. The lowest BCUT2D eigenvalue weighted by molar-refractivity contribution is -0.132. The Morgan fingerprint density at radius 3 is 2.73 bits per heavy atom. The first-order valence-corrected chi connectivity index (χ1v) is 6.20. The van der Waals surface area contributed by atoms with Crippen LogP contribution in [0, 0.1) is 5.92 Å². The Kier molecular flexibility index (Phi) is 5.09. The van der Waals surface area contributed by atoms with Gasteiger partial charge in [0, 0.05) is 25.6 Å². The van der Waals surface area contributed by atoms with Gasteiger partial charge >= 0.3 is 0 Å². The van der Waals surface area contributed by atoms with Crippen LogP contribution in [0.5, 0.6) is 0 Å². The fourth-order valence-corrected chi connectivity index (χ4v) is 2.23. The fourth-order valence-electron chi connectivity index (χ4n) is 2.23. The summed E-state index contributed by atoms with van der Waals surface area (Å²) >= 11 is 0. The molecule has 2 atom stereocenters. The summed E-state index contributed by atoms with van der Waals surface area (Å²) < 4.78 is 0. The van der Waals surface area contributed by atoms with Crippen molar-refractivity contribution in [3.8, 4) is 0 Å². The van der Waals surface area contributed by atoms with E-state index in [0.29, 0.717) is 24.3 Å². The number of nitrogens with zero attached hydrogens (tertiary/aromatic N) is 1. The van der Waals surface area contributed by atoms with E-state index in [0.717, 1.165) is 26.1 Å². The molecule has 1 heterocycles. The quantitative estimate of drug-likeness (QED) is 0.768. The van der Waals surface area contributed by atoms with Gasteiger partial charge in [0.15, 0.2) is 0 Å². The van der Waals surface area contributed by atoms with Crippen molar-refractivity contribution in [3.63, 3.8) is 0 Å². The Hall–Kier alpha value is -0.570. The number of amides is 1. The Morgan fingerprint density at radius 2 is 2.20 bits per heavy atom. The molecule has 1 amide bonds. The van der Waals surface area contributed by atoms with Crippen LogP contribution >= 0.6 is 0 Å². The molecular formula is C12H24N2O. The fraction of sp³-hybridized carbons (Fsp3) is 0.917. The smallest absolute Gasteiger partial charge is 0.222 e. The second-order valence-electron chi connectivity index (χ2n) is 4.52. The average Bonchev–Trinajstić information content (AvgIpc) is 2.26. The standard InChI is InChI=1S/C12H24N2O/c1-4-7-13-11-6-8-14(9-10(11)3)12(15)5-2/h10-11,13H,4-9H2,1-3H3. The minimum Gasteiger partial charge on any atom is -0.342 e. The summed E-state index contributed by atoms with van der Waals surface area (Å²) in [5.41, 5.74) is 0. The molecule has 0 bridgehead atoms. The summed E-state index contributed by atoms with van der Waals surface area (Å²) in [5.74, 6) is 0.886. The summed E-state index contributed by atoms with van der Waals surface area (Å²) in [6.07, 6.45) is 2.92. The van der Waals surface area contributed by atoms with E-state index in [-0.39, 0.29) is 0 Å². The summed E-state index contributed by atoms with van der Waals surface area (Å²) in [6, 6.07) is 0.603. The van der Waals surface area contributed by atoms with Gasteiger partial charge in [0.05, 0.1) is 0 Å². The molecule has 2 unspecified atom stereocenters. The molecule has 1 aliphatic heterocycles. The van der Waals surface area contributed by atoms with Crippen LogP contribution in [-0.4, -0.2) is 36.5 Å². The lowest BCUT2D eigenvalue weighted by Crippen LogP contribution is -2.50. The first-order chi connectivity index (χ1) is 7.19. The second-order valence-corrected chi connectivity index (χ2v) is 4.52. The number of likely N-dealkylation sites (tertiary alicyclic amines) is 1. The molecule has 1 N–H and O–H groups in total. The average molecular weight is 212 g/mol. The van der Waals surface area contributed by atoms with Crippen LogP contribution in [0.15, 0.2) is 0 Å². The maximum atomic E-state index is 11.5. The van der Waals surface area contributed by atoms with E-state index < -0.39 is 0 Å². The van der Waals surface area contributed by atoms with Crippen LogP contribution in [0.4, 0.5) is 0 Å². The van der Waals surface area contributed by atoms with Gasteiger partial charge in [-0.25, -0.2) is 0 Å². The second kappa shape index (κ2) is 6.11. The van der Waals surface area contributed by atoms with Crippen molar-refractivity contribution in [3.05, 3.63) is 0 Å². The maximum Gasteiger partial charge on any atom is 0.222 e. The zero-order chi connectivity index (χ0) is 11.3. The van der Waals surface area contributed by atoms with Crippen molar-refractivity contribution < 1.29 is 4.79 Å². The maximum absolute atomic E-state index is 11.5. The van der Waals surface area contributed by atoms with E-state index in [1.807, 2.05) is 11.8 Å². The molecule has 1 saturated heterocycles. The molecule has 88 valence electrons. The highest BCUT2D eigenvalue weighted by atomic mass is 16.2. The van der Waals surface area contributed by atoms with Crippen molar-refractivity contribution in [2.45, 2.75) is 46.1 Å². The number of nitrogens with one attached hydrogen (secondary N) is 1. The highest BCUT2D eigenvalue weighted by Crippen LogP contribution is 2.17. The van der Waals surface area contributed by atoms with Gasteiger partial charge < -0.3 is 10.2 Å². The number of carbonyl (C=O) groups is 1. The van der Waals surface area contributed by atoms with Crippen LogP contribution in [-0.2, 0) is 4.79 Å². The summed E-state index contributed by atoms with van der Waals surface area (Å²) in [4.78, 5) is 13.5. The highest BCUT2D eigenvalue weighted by Gasteiger charge is 2.27. The van der Waals surface area contributed by atoms with Crippen molar-refractivity contribution in [1.82, 2.24) is 10.2 Å². The Balaban J connectivity index is 2.37. The molecule has 0 radical (unpaired) electrons. The molecule has 15 heavy (non-hydrogen) atoms. The van der Waals surface area contributed by atoms with Gasteiger partial charge in [-0.1, -0.05) is 20.8 Å². The van der Waals surface area contributed by atoms with Crippen LogP contribution in [0.3, 0.4) is 0 Å². The van der Waals surface area contributed by atoms with Crippen LogP contribution in [0.25, 0.3) is 0 Å². The van der Waals surface area contributed by atoms with Crippen molar-refractivity contribution >= 4 is 5.91 Å². The molecule has 0 spiro atoms. The topological polar surface area (TPSA) is 32.3 Å². The number of hydrogen-bond acceptors (Lipinski definition) is 2. The van der Waals surface area contributed by atoms with E-state index in [1.54, 1.807) is 0 Å². The number of carbonyl (C=O) groups excluding carboxylic acids is 1. The first-order valence-electron chi connectivity index (χ1n) is 6.20. The number of rotatable bonds is 4. The van der Waals surface area contributed by atoms with Gasteiger partial charge in [-0.3, -0.25) is 4.79 Å². The molecule has 1 rings (SSSR count). The molecule has 0 aromatic rings. The molecule has 3 heteroatoms. The van der Waals surface area contributed by atoms with Crippen molar-refractivity contribution in [2.24, 2.45) is 5.92 Å². The first kappa shape index (κ1) is 12.5. The zero-order valence-electron chi connectivity index (χ0n) is 10.3. The van der Waals surface area contributed by atoms with Crippen LogP contribution < -0.4 is 5.32 Å². The summed E-state index contributed by atoms with van der Waals surface area (Å²) in [5, 5.41) is 3.56. The Labute approximate surface area is 93.2 Å². The van der Waals surface area contributed by atoms with Crippen LogP contribution in [0.2, 0.25) is 0 Å². The van der Waals surface area contributed by atoms with Crippen molar-refractivity contribution in [2.75, 3.05) is 19.6 Å².